The zero-order valence-electron chi connectivity index (χ0n) is 15.1. The molecule has 0 bridgehead atoms. The third-order valence-corrected chi connectivity index (χ3v) is 3.60. The van der Waals surface area contributed by atoms with E-state index < -0.39 is 5.60 Å². The summed E-state index contributed by atoms with van der Waals surface area (Å²) in [5.74, 6) is 0.499. The normalized spacial score (nSPS) is 15.5. The molecule has 0 aliphatic heterocycles. The summed E-state index contributed by atoms with van der Waals surface area (Å²) in [7, 11) is 5.76. The van der Waals surface area contributed by atoms with Gasteiger partial charge in [0, 0.05) is 31.4 Å². The molecule has 2 amide bonds. The van der Waals surface area contributed by atoms with Gasteiger partial charge in [-0.2, -0.15) is 5.10 Å². The largest absolute Gasteiger partial charge is 0.383 e. The average molecular weight is 325 g/mol. The summed E-state index contributed by atoms with van der Waals surface area (Å²) < 4.78 is 1.62. The highest BCUT2D eigenvalue weighted by Crippen LogP contribution is 2.18. The highest BCUT2D eigenvalue weighted by Gasteiger charge is 2.26. The van der Waals surface area contributed by atoms with E-state index in [1.807, 2.05) is 14.1 Å². The molecular formula is C16H31N5O2. The molecule has 1 heterocycles. The predicted molar refractivity (Wildman–Crippen MR) is 91.1 cm³/mol. The zero-order valence-corrected chi connectivity index (χ0v) is 15.1. The molecule has 0 fully saturated rings. The number of rotatable bonds is 8. The third-order valence-electron chi connectivity index (χ3n) is 3.60. The van der Waals surface area contributed by atoms with Gasteiger partial charge in [-0.3, -0.25) is 4.68 Å². The van der Waals surface area contributed by atoms with Gasteiger partial charge in [-0.25, -0.2) is 4.79 Å². The van der Waals surface area contributed by atoms with Crippen LogP contribution in [0.4, 0.5) is 4.79 Å². The van der Waals surface area contributed by atoms with Crippen LogP contribution in [-0.4, -0.2) is 59.0 Å². The summed E-state index contributed by atoms with van der Waals surface area (Å²) in [5.41, 5.74) is -0.479. The molecule has 7 nitrogen and oxygen atoms in total. The number of nitrogens with zero attached hydrogens (tertiary/aromatic N) is 3. The summed E-state index contributed by atoms with van der Waals surface area (Å²) in [6.45, 7) is 6.84. The smallest absolute Gasteiger partial charge is 0.315 e. The number of carbonyl (C=O) groups excluding carboxylic acids is 1. The topological polar surface area (TPSA) is 82.4 Å². The van der Waals surface area contributed by atoms with Crippen molar-refractivity contribution in [2.45, 2.75) is 38.8 Å². The fourth-order valence-corrected chi connectivity index (χ4v) is 2.48. The van der Waals surface area contributed by atoms with Crippen molar-refractivity contribution in [3.05, 3.63) is 18.0 Å². The van der Waals surface area contributed by atoms with E-state index in [4.69, 9.17) is 0 Å². The third kappa shape index (κ3) is 7.00. The second-order valence-electron chi connectivity index (χ2n) is 7.09. The minimum Gasteiger partial charge on any atom is -0.383 e. The second kappa shape index (κ2) is 8.31. The van der Waals surface area contributed by atoms with Crippen molar-refractivity contribution >= 4 is 6.03 Å². The van der Waals surface area contributed by atoms with Crippen molar-refractivity contribution in [1.29, 1.82) is 0 Å². The number of aryl methyl sites for hydroxylation is 1. The molecule has 0 aliphatic rings. The summed E-state index contributed by atoms with van der Waals surface area (Å²) in [6.07, 6.45) is 4.25. The lowest BCUT2D eigenvalue weighted by Crippen LogP contribution is -2.49. The molecule has 0 aliphatic carbocycles. The van der Waals surface area contributed by atoms with Crippen LogP contribution in [0.15, 0.2) is 12.4 Å². The molecular weight excluding hydrogens is 294 g/mol. The van der Waals surface area contributed by atoms with Gasteiger partial charge in [-0.1, -0.05) is 13.8 Å². The van der Waals surface area contributed by atoms with E-state index in [-0.39, 0.29) is 18.6 Å². The van der Waals surface area contributed by atoms with Crippen molar-refractivity contribution < 1.29 is 9.90 Å². The SMILES string of the molecule is CC(C)CC(CN(C)C)NC(=O)NCC(C)(O)c1cnn(C)c1. The standard InChI is InChI=1S/C16H31N5O2/c1-12(2)7-14(10-20(4)5)19-15(22)17-11-16(3,23)13-8-18-21(6)9-13/h8-9,12,14,23H,7,10-11H2,1-6H3,(H2,17,19,22). The number of amides is 2. The molecule has 0 spiro atoms. The predicted octanol–water partition coefficient (Wildman–Crippen LogP) is 0.903. The van der Waals surface area contributed by atoms with Crippen LogP contribution in [0.25, 0.3) is 0 Å². The molecule has 2 unspecified atom stereocenters. The van der Waals surface area contributed by atoms with Crippen LogP contribution < -0.4 is 10.6 Å². The van der Waals surface area contributed by atoms with E-state index in [0.29, 0.717) is 11.5 Å². The first-order valence-electron chi connectivity index (χ1n) is 8.00. The molecule has 0 radical (unpaired) electrons. The lowest BCUT2D eigenvalue weighted by atomic mass is 10.00. The quantitative estimate of drug-likeness (QED) is 0.663. The first-order valence-corrected chi connectivity index (χ1v) is 8.00. The van der Waals surface area contributed by atoms with Crippen LogP contribution in [0.5, 0.6) is 0 Å². The summed E-state index contributed by atoms with van der Waals surface area (Å²) in [4.78, 5) is 14.2. The number of aromatic nitrogens is 2. The highest BCUT2D eigenvalue weighted by atomic mass is 16.3. The van der Waals surface area contributed by atoms with E-state index in [1.54, 1.807) is 31.0 Å². The van der Waals surface area contributed by atoms with Crippen molar-refractivity contribution in [2.24, 2.45) is 13.0 Å². The Morgan fingerprint density at radius 3 is 2.61 bits per heavy atom. The highest BCUT2D eigenvalue weighted by molar-refractivity contribution is 5.74. The van der Waals surface area contributed by atoms with Gasteiger partial charge < -0.3 is 20.6 Å². The second-order valence-corrected chi connectivity index (χ2v) is 7.09. The number of nitrogens with one attached hydrogen (secondary N) is 2. The van der Waals surface area contributed by atoms with Crippen LogP contribution in [0.3, 0.4) is 0 Å². The molecule has 0 aromatic carbocycles. The molecule has 1 rings (SSSR count). The van der Waals surface area contributed by atoms with Crippen LogP contribution >= 0.6 is 0 Å². The van der Waals surface area contributed by atoms with Crippen molar-refractivity contribution in [3.63, 3.8) is 0 Å². The molecule has 0 saturated heterocycles. The Hall–Kier alpha value is -1.60. The van der Waals surface area contributed by atoms with Crippen molar-refractivity contribution in [1.82, 2.24) is 25.3 Å². The summed E-state index contributed by atoms with van der Waals surface area (Å²) in [5, 5.41) is 20.3. The first-order chi connectivity index (χ1) is 10.6. The van der Waals surface area contributed by atoms with Crippen LogP contribution in [0.1, 0.15) is 32.8 Å². The van der Waals surface area contributed by atoms with Crippen LogP contribution in [0, 0.1) is 5.92 Å². The Morgan fingerprint density at radius 1 is 1.48 bits per heavy atom. The number of hydrogen-bond donors (Lipinski definition) is 3. The number of hydrogen-bond acceptors (Lipinski definition) is 4. The molecule has 2 atom stereocenters. The van der Waals surface area contributed by atoms with Gasteiger partial charge in [0.15, 0.2) is 0 Å². The first kappa shape index (κ1) is 19.4. The zero-order chi connectivity index (χ0) is 17.6. The van der Waals surface area contributed by atoms with Gasteiger partial charge >= 0.3 is 6.03 Å². The fourth-order valence-electron chi connectivity index (χ4n) is 2.48. The maximum Gasteiger partial charge on any atom is 0.315 e. The van der Waals surface area contributed by atoms with Gasteiger partial charge in [-0.15, -0.1) is 0 Å². The lowest BCUT2D eigenvalue weighted by Gasteiger charge is -2.26. The molecule has 132 valence electrons. The fraction of sp³-hybridized carbons (Fsp3) is 0.750. The molecule has 1 aromatic rings. The molecule has 3 N–H and O–H groups in total. The molecule has 7 heteroatoms. The van der Waals surface area contributed by atoms with E-state index in [9.17, 15) is 9.90 Å². The van der Waals surface area contributed by atoms with Crippen molar-refractivity contribution in [2.75, 3.05) is 27.2 Å². The maximum atomic E-state index is 12.1. The number of urea groups is 1. The summed E-state index contributed by atoms with van der Waals surface area (Å²) in [6, 6.07) is -0.185. The van der Waals surface area contributed by atoms with Crippen LogP contribution in [-0.2, 0) is 12.6 Å². The van der Waals surface area contributed by atoms with E-state index in [2.05, 4.69) is 34.5 Å². The van der Waals surface area contributed by atoms with E-state index in [1.165, 1.54) is 0 Å². The van der Waals surface area contributed by atoms with Crippen molar-refractivity contribution in [3.8, 4) is 0 Å². The number of carbonyl (C=O) groups is 1. The Bertz CT molecular complexity index is 486. The minimum absolute atomic E-state index is 0.0772. The maximum absolute atomic E-state index is 12.1. The van der Waals surface area contributed by atoms with E-state index in [0.717, 1.165) is 13.0 Å². The number of likely N-dealkylation sites (N-methyl/N-ethyl adjacent to an activating group) is 1. The Kier molecular flexibility index (Phi) is 7.02. The monoisotopic (exact) mass is 325 g/mol. The average Bonchev–Trinajstić information content (AvgIpc) is 2.82. The van der Waals surface area contributed by atoms with E-state index >= 15 is 0 Å². The number of aliphatic hydroxyl groups is 1. The van der Waals surface area contributed by atoms with Gasteiger partial charge in [0.1, 0.15) is 5.60 Å². The molecule has 1 aromatic heterocycles. The van der Waals surface area contributed by atoms with Crippen LogP contribution in [0.2, 0.25) is 0 Å². The molecule has 23 heavy (non-hydrogen) atoms. The Morgan fingerprint density at radius 2 is 2.13 bits per heavy atom. The van der Waals surface area contributed by atoms with Gasteiger partial charge in [0.2, 0.25) is 0 Å². The summed E-state index contributed by atoms with van der Waals surface area (Å²) >= 11 is 0. The Labute approximate surface area is 139 Å². The molecule has 0 saturated carbocycles. The minimum atomic E-state index is -1.15. The van der Waals surface area contributed by atoms with Gasteiger partial charge in [0.25, 0.3) is 0 Å². The lowest BCUT2D eigenvalue weighted by molar-refractivity contribution is 0.0591. The Balaban J connectivity index is 2.53. The van der Waals surface area contributed by atoms with Gasteiger partial charge in [0.05, 0.1) is 12.7 Å². The van der Waals surface area contributed by atoms with Gasteiger partial charge in [-0.05, 0) is 33.4 Å².